The number of hydrogen-bond donors (Lipinski definition) is 1. The quantitative estimate of drug-likeness (QED) is 0.671. The summed E-state index contributed by atoms with van der Waals surface area (Å²) in [7, 11) is 0. The molecule has 1 aromatic rings. The summed E-state index contributed by atoms with van der Waals surface area (Å²) in [6.07, 6.45) is -0.0602. The Bertz CT molecular complexity index is 536. The van der Waals surface area contributed by atoms with E-state index in [0.29, 0.717) is 18.8 Å². The Labute approximate surface area is 115 Å². The molecule has 1 N–H and O–H groups in total. The summed E-state index contributed by atoms with van der Waals surface area (Å²) in [5.41, 5.74) is 0.156. The normalized spacial score (nSPS) is 22.6. The number of carboxylic acid groups (broad SMARTS) is 1. The minimum Gasteiger partial charge on any atom is -0.478 e. The van der Waals surface area contributed by atoms with Crippen LogP contribution in [0.5, 0.6) is 0 Å². The number of anilines is 1. The number of aromatic carboxylic acids is 1. The molecule has 20 heavy (non-hydrogen) atoms. The molecule has 0 radical (unpaired) electrons. The lowest BCUT2D eigenvalue weighted by Gasteiger charge is -2.36. The molecule has 0 amide bonds. The number of carboxylic acids is 1. The van der Waals surface area contributed by atoms with Gasteiger partial charge in [0.2, 0.25) is 0 Å². The maximum absolute atomic E-state index is 11.2. The number of rotatable bonds is 3. The van der Waals surface area contributed by atoms with Crippen molar-refractivity contribution >= 4 is 17.3 Å². The highest BCUT2D eigenvalue weighted by Gasteiger charge is 2.28. The number of hydrogen-bond acceptors (Lipinski definition) is 5. The molecule has 2 rings (SSSR count). The molecule has 1 aromatic carbocycles. The zero-order valence-corrected chi connectivity index (χ0v) is 11.3. The third-order valence-electron chi connectivity index (χ3n) is 3.18. The van der Waals surface area contributed by atoms with Crippen LogP contribution in [0.3, 0.4) is 0 Å². The largest absolute Gasteiger partial charge is 0.478 e. The molecule has 0 unspecified atom stereocenters. The highest BCUT2D eigenvalue weighted by Crippen LogP contribution is 2.31. The molecule has 0 aliphatic carbocycles. The van der Waals surface area contributed by atoms with Gasteiger partial charge >= 0.3 is 5.97 Å². The van der Waals surface area contributed by atoms with Gasteiger partial charge in [-0.15, -0.1) is 0 Å². The van der Waals surface area contributed by atoms with Crippen molar-refractivity contribution < 1.29 is 19.6 Å². The van der Waals surface area contributed by atoms with E-state index in [4.69, 9.17) is 9.84 Å². The highest BCUT2D eigenvalue weighted by molar-refractivity contribution is 5.89. The molecule has 1 aliphatic heterocycles. The van der Waals surface area contributed by atoms with Gasteiger partial charge in [-0.3, -0.25) is 10.1 Å². The van der Waals surface area contributed by atoms with Crippen molar-refractivity contribution in [1.82, 2.24) is 0 Å². The van der Waals surface area contributed by atoms with Crippen LogP contribution in [0, 0.1) is 10.1 Å². The molecule has 0 aromatic heterocycles. The summed E-state index contributed by atoms with van der Waals surface area (Å²) in [5.74, 6) is -1.18. The van der Waals surface area contributed by atoms with Crippen LogP contribution in [0.4, 0.5) is 11.4 Å². The van der Waals surface area contributed by atoms with Gasteiger partial charge in [-0.1, -0.05) is 0 Å². The first kappa shape index (κ1) is 14.3. The summed E-state index contributed by atoms with van der Waals surface area (Å²) in [5, 5.41) is 20.1. The number of benzene rings is 1. The van der Waals surface area contributed by atoms with Gasteiger partial charge in [0.1, 0.15) is 5.69 Å². The van der Waals surface area contributed by atoms with Crippen molar-refractivity contribution in [3.05, 3.63) is 33.9 Å². The fourth-order valence-electron chi connectivity index (χ4n) is 2.44. The number of carbonyl (C=O) groups is 1. The standard InChI is InChI=1S/C13H16N2O5/c1-8-6-14(7-9(2)20-8)11-4-3-10(13(16)17)5-12(11)15(18)19/h3-5,8-9H,6-7H2,1-2H3,(H,16,17)/t8-,9-/m1/s1. The van der Waals surface area contributed by atoms with E-state index in [-0.39, 0.29) is 23.5 Å². The second-order valence-electron chi connectivity index (χ2n) is 4.93. The van der Waals surface area contributed by atoms with Crippen molar-refractivity contribution in [1.29, 1.82) is 0 Å². The van der Waals surface area contributed by atoms with E-state index in [1.165, 1.54) is 12.1 Å². The first-order valence-electron chi connectivity index (χ1n) is 6.30. The summed E-state index contributed by atoms with van der Waals surface area (Å²) in [6.45, 7) is 4.88. The van der Waals surface area contributed by atoms with Gasteiger partial charge < -0.3 is 14.7 Å². The lowest BCUT2D eigenvalue weighted by atomic mass is 10.1. The summed E-state index contributed by atoms with van der Waals surface area (Å²) in [6, 6.07) is 3.98. The van der Waals surface area contributed by atoms with Crippen LogP contribution in [-0.2, 0) is 4.74 Å². The number of nitro benzene ring substituents is 1. The van der Waals surface area contributed by atoms with Crippen molar-refractivity contribution in [3.63, 3.8) is 0 Å². The van der Waals surface area contributed by atoms with E-state index < -0.39 is 10.9 Å². The smallest absolute Gasteiger partial charge is 0.335 e. The lowest BCUT2D eigenvalue weighted by molar-refractivity contribution is -0.384. The van der Waals surface area contributed by atoms with Gasteiger partial charge in [-0.2, -0.15) is 0 Å². The molecular weight excluding hydrogens is 264 g/mol. The molecule has 0 bridgehead atoms. The minimum absolute atomic E-state index is 0.0301. The van der Waals surface area contributed by atoms with Gasteiger partial charge in [-0.25, -0.2) is 4.79 Å². The van der Waals surface area contributed by atoms with Crippen LogP contribution in [0.25, 0.3) is 0 Å². The van der Waals surface area contributed by atoms with E-state index in [0.717, 1.165) is 6.07 Å². The fraction of sp³-hybridized carbons (Fsp3) is 0.462. The maximum Gasteiger partial charge on any atom is 0.335 e. The summed E-state index contributed by atoms with van der Waals surface area (Å²) in [4.78, 5) is 23.4. The van der Waals surface area contributed by atoms with Crippen molar-refractivity contribution in [2.24, 2.45) is 0 Å². The van der Waals surface area contributed by atoms with Gasteiger partial charge in [0.15, 0.2) is 0 Å². The third kappa shape index (κ3) is 2.88. The van der Waals surface area contributed by atoms with Gasteiger partial charge in [0.05, 0.1) is 22.7 Å². The van der Waals surface area contributed by atoms with Gasteiger partial charge in [-0.05, 0) is 26.0 Å². The molecule has 0 spiro atoms. The Morgan fingerprint density at radius 1 is 1.40 bits per heavy atom. The van der Waals surface area contributed by atoms with Gasteiger partial charge in [0.25, 0.3) is 5.69 Å². The highest BCUT2D eigenvalue weighted by atomic mass is 16.6. The van der Waals surface area contributed by atoms with E-state index >= 15 is 0 Å². The average molecular weight is 280 g/mol. The Morgan fingerprint density at radius 3 is 2.50 bits per heavy atom. The number of nitro groups is 1. The molecule has 1 aliphatic rings. The second kappa shape index (κ2) is 5.46. The zero-order valence-electron chi connectivity index (χ0n) is 11.3. The molecule has 2 atom stereocenters. The Morgan fingerprint density at radius 2 is 2.00 bits per heavy atom. The first-order valence-corrected chi connectivity index (χ1v) is 6.30. The molecule has 108 valence electrons. The molecular formula is C13H16N2O5. The molecule has 7 heteroatoms. The van der Waals surface area contributed by atoms with E-state index in [9.17, 15) is 14.9 Å². The van der Waals surface area contributed by atoms with E-state index in [2.05, 4.69) is 0 Å². The predicted molar refractivity (Wildman–Crippen MR) is 72.3 cm³/mol. The van der Waals surface area contributed by atoms with Gasteiger partial charge in [0, 0.05) is 19.2 Å². The molecule has 1 fully saturated rings. The van der Waals surface area contributed by atoms with Crippen LogP contribution >= 0.6 is 0 Å². The summed E-state index contributed by atoms with van der Waals surface area (Å²) < 4.78 is 5.59. The van der Waals surface area contributed by atoms with Crippen molar-refractivity contribution in [2.45, 2.75) is 26.1 Å². The van der Waals surface area contributed by atoms with Crippen LogP contribution in [0.15, 0.2) is 18.2 Å². The van der Waals surface area contributed by atoms with Crippen LogP contribution in [0.1, 0.15) is 24.2 Å². The van der Waals surface area contributed by atoms with E-state index in [1.54, 1.807) is 0 Å². The lowest BCUT2D eigenvalue weighted by Crippen LogP contribution is -2.45. The molecule has 0 saturated carbocycles. The topological polar surface area (TPSA) is 92.9 Å². The Kier molecular flexibility index (Phi) is 3.89. The number of morpholine rings is 1. The number of nitrogens with zero attached hydrogens (tertiary/aromatic N) is 2. The molecule has 7 nitrogen and oxygen atoms in total. The van der Waals surface area contributed by atoms with Crippen molar-refractivity contribution in [2.75, 3.05) is 18.0 Å². The van der Waals surface area contributed by atoms with Crippen LogP contribution < -0.4 is 4.90 Å². The van der Waals surface area contributed by atoms with Crippen LogP contribution in [-0.4, -0.2) is 41.3 Å². The summed E-state index contributed by atoms with van der Waals surface area (Å²) >= 11 is 0. The third-order valence-corrected chi connectivity index (χ3v) is 3.18. The predicted octanol–water partition coefficient (Wildman–Crippen LogP) is 1.91. The minimum atomic E-state index is -1.18. The SMILES string of the molecule is C[C@@H]1CN(c2ccc(C(=O)O)cc2[N+](=O)[O-])C[C@@H](C)O1. The molecule has 1 heterocycles. The first-order chi connectivity index (χ1) is 9.38. The van der Waals surface area contributed by atoms with Crippen molar-refractivity contribution in [3.8, 4) is 0 Å². The number of ether oxygens (including phenoxy) is 1. The monoisotopic (exact) mass is 280 g/mol. The fourth-order valence-corrected chi connectivity index (χ4v) is 2.44. The molecule has 1 saturated heterocycles. The average Bonchev–Trinajstić information content (AvgIpc) is 2.36. The Balaban J connectivity index is 2.40. The zero-order chi connectivity index (χ0) is 14.9. The second-order valence-corrected chi connectivity index (χ2v) is 4.93. The van der Waals surface area contributed by atoms with Crippen LogP contribution in [0.2, 0.25) is 0 Å². The van der Waals surface area contributed by atoms with E-state index in [1.807, 2.05) is 18.7 Å². The maximum atomic E-state index is 11.2. The Hall–Kier alpha value is -2.15.